The number of nitrogens with zero attached hydrogens (tertiary/aromatic N) is 1. The number of likely N-dealkylation sites (tertiary alicyclic amines) is 1. The maximum atomic E-state index is 5.66. The topological polar surface area (TPSA) is 33.7 Å². The Labute approximate surface area is 127 Å². The molecule has 2 aliphatic heterocycles. The first kappa shape index (κ1) is 14.7. The SMILES string of the molecule is CC(NCC(C)N1CCCC1)c1ccc2c(c1)OCCO2. The van der Waals surface area contributed by atoms with E-state index in [9.17, 15) is 0 Å². The van der Waals surface area contributed by atoms with Crippen LogP contribution in [-0.2, 0) is 0 Å². The Hall–Kier alpha value is -1.26. The van der Waals surface area contributed by atoms with E-state index in [1.54, 1.807) is 0 Å². The number of ether oxygens (including phenoxy) is 2. The van der Waals surface area contributed by atoms with Crippen LogP contribution in [0.25, 0.3) is 0 Å². The maximum absolute atomic E-state index is 5.66. The van der Waals surface area contributed by atoms with Gasteiger partial charge in [0.2, 0.25) is 0 Å². The molecule has 3 rings (SSSR count). The molecule has 0 bridgehead atoms. The first-order valence-electron chi connectivity index (χ1n) is 8.11. The highest BCUT2D eigenvalue weighted by Gasteiger charge is 2.19. The largest absolute Gasteiger partial charge is 0.486 e. The fraction of sp³-hybridized carbons (Fsp3) is 0.647. The molecule has 0 radical (unpaired) electrons. The third-order valence-corrected chi connectivity index (χ3v) is 4.55. The van der Waals surface area contributed by atoms with Crippen LogP contribution in [0.2, 0.25) is 0 Å². The van der Waals surface area contributed by atoms with Gasteiger partial charge in [0, 0.05) is 18.6 Å². The lowest BCUT2D eigenvalue weighted by molar-refractivity contribution is 0.171. The van der Waals surface area contributed by atoms with Gasteiger partial charge in [0.05, 0.1) is 0 Å². The monoisotopic (exact) mass is 290 g/mol. The van der Waals surface area contributed by atoms with E-state index in [2.05, 4.69) is 36.2 Å². The van der Waals surface area contributed by atoms with Crippen LogP contribution in [-0.4, -0.2) is 43.8 Å². The fourth-order valence-corrected chi connectivity index (χ4v) is 3.11. The lowest BCUT2D eigenvalue weighted by atomic mass is 10.1. The molecule has 2 unspecified atom stereocenters. The fourth-order valence-electron chi connectivity index (χ4n) is 3.11. The average molecular weight is 290 g/mol. The van der Waals surface area contributed by atoms with Gasteiger partial charge in [-0.05, 0) is 57.5 Å². The van der Waals surface area contributed by atoms with Gasteiger partial charge in [-0.15, -0.1) is 0 Å². The van der Waals surface area contributed by atoms with Crippen molar-refractivity contribution < 1.29 is 9.47 Å². The van der Waals surface area contributed by atoms with E-state index in [-0.39, 0.29) is 0 Å². The molecule has 0 aromatic heterocycles. The van der Waals surface area contributed by atoms with Crippen molar-refractivity contribution in [3.05, 3.63) is 23.8 Å². The first-order chi connectivity index (χ1) is 10.2. The normalized spacial score (nSPS) is 21.2. The van der Waals surface area contributed by atoms with Crippen molar-refractivity contribution in [2.45, 2.75) is 38.8 Å². The minimum Gasteiger partial charge on any atom is -0.486 e. The predicted molar refractivity (Wildman–Crippen MR) is 84.1 cm³/mol. The van der Waals surface area contributed by atoms with Gasteiger partial charge in [0.25, 0.3) is 0 Å². The smallest absolute Gasteiger partial charge is 0.161 e. The summed E-state index contributed by atoms with van der Waals surface area (Å²) >= 11 is 0. The Morgan fingerprint density at radius 2 is 1.81 bits per heavy atom. The van der Waals surface area contributed by atoms with Crippen LogP contribution < -0.4 is 14.8 Å². The van der Waals surface area contributed by atoms with E-state index in [4.69, 9.17) is 9.47 Å². The van der Waals surface area contributed by atoms with Gasteiger partial charge < -0.3 is 14.8 Å². The van der Waals surface area contributed by atoms with Crippen LogP contribution in [0.5, 0.6) is 11.5 Å². The van der Waals surface area contributed by atoms with E-state index < -0.39 is 0 Å². The molecule has 2 aliphatic rings. The molecule has 0 spiro atoms. The van der Waals surface area contributed by atoms with E-state index in [0.29, 0.717) is 25.3 Å². The molecular formula is C17H26N2O2. The van der Waals surface area contributed by atoms with Crippen LogP contribution in [0.4, 0.5) is 0 Å². The Morgan fingerprint density at radius 3 is 2.57 bits per heavy atom. The minimum absolute atomic E-state index is 0.325. The number of nitrogens with one attached hydrogen (secondary N) is 1. The van der Waals surface area contributed by atoms with E-state index in [0.717, 1.165) is 18.0 Å². The highest BCUT2D eigenvalue weighted by Crippen LogP contribution is 2.32. The van der Waals surface area contributed by atoms with Gasteiger partial charge in [-0.2, -0.15) is 0 Å². The second-order valence-corrected chi connectivity index (χ2v) is 6.13. The van der Waals surface area contributed by atoms with Crippen LogP contribution in [0, 0.1) is 0 Å². The molecule has 2 atom stereocenters. The zero-order valence-electron chi connectivity index (χ0n) is 13.1. The summed E-state index contributed by atoms with van der Waals surface area (Å²) in [7, 11) is 0. The first-order valence-corrected chi connectivity index (χ1v) is 8.11. The van der Waals surface area contributed by atoms with E-state index in [1.165, 1.54) is 31.5 Å². The van der Waals surface area contributed by atoms with Gasteiger partial charge in [0.15, 0.2) is 11.5 Å². The van der Waals surface area contributed by atoms with Gasteiger partial charge >= 0.3 is 0 Å². The summed E-state index contributed by atoms with van der Waals surface area (Å²) in [5, 5.41) is 3.64. The second kappa shape index (κ2) is 6.67. The van der Waals surface area contributed by atoms with Crippen molar-refractivity contribution in [2.24, 2.45) is 0 Å². The van der Waals surface area contributed by atoms with Crippen molar-refractivity contribution in [1.29, 1.82) is 0 Å². The Morgan fingerprint density at radius 1 is 1.10 bits per heavy atom. The summed E-state index contributed by atoms with van der Waals surface area (Å²) < 4.78 is 11.2. The summed E-state index contributed by atoms with van der Waals surface area (Å²) in [5.74, 6) is 1.74. The van der Waals surface area contributed by atoms with Crippen LogP contribution in [0.15, 0.2) is 18.2 Å². The predicted octanol–water partition coefficient (Wildman–Crippen LogP) is 2.59. The molecule has 1 aromatic rings. The molecular weight excluding hydrogens is 264 g/mol. The zero-order chi connectivity index (χ0) is 14.7. The zero-order valence-corrected chi connectivity index (χ0v) is 13.1. The van der Waals surface area contributed by atoms with Crippen molar-refractivity contribution in [3.63, 3.8) is 0 Å². The molecule has 0 saturated carbocycles. The molecule has 1 fully saturated rings. The van der Waals surface area contributed by atoms with Crippen LogP contribution in [0.1, 0.15) is 38.3 Å². The van der Waals surface area contributed by atoms with Crippen molar-refractivity contribution in [1.82, 2.24) is 10.2 Å². The molecule has 0 aliphatic carbocycles. The molecule has 1 saturated heterocycles. The summed E-state index contributed by atoms with van der Waals surface area (Å²) in [4.78, 5) is 2.57. The Kier molecular flexibility index (Phi) is 4.66. The third-order valence-electron chi connectivity index (χ3n) is 4.55. The minimum atomic E-state index is 0.325. The number of hydrogen-bond acceptors (Lipinski definition) is 4. The summed E-state index contributed by atoms with van der Waals surface area (Å²) in [6.07, 6.45) is 2.70. The lowest BCUT2D eigenvalue weighted by Gasteiger charge is -2.26. The molecule has 21 heavy (non-hydrogen) atoms. The lowest BCUT2D eigenvalue weighted by Crippen LogP contribution is -2.39. The summed E-state index contributed by atoms with van der Waals surface area (Å²) in [6.45, 7) is 9.34. The molecule has 4 nitrogen and oxygen atoms in total. The van der Waals surface area contributed by atoms with Gasteiger partial charge in [-0.25, -0.2) is 0 Å². The van der Waals surface area contributed by atoms with Crippen molar-refractivity contribution in [2.75, 3.05) is 32.8 Å². The average Bonchev–Trinajstić information content (AvgIpc) is 3.06. The maximum Gasteiger partial charge on any atom is 0.161 e. The molecule has 1 N–H and O–H groups in total. The summed E-state index contributed by atoms with van der Waals surface area (Å²) in [6, 6.07) is 7.18. The van der Waals surface area contributed by atoms with Gasteiger partial charge in [-0.1, -0.05) is 6.07 Å². The highest BCUT2D eigenvalue weighted by atomic mass is 16.6. The number of fused-ring (bicyclic) bond motifs is 1. The van der Waals surface area contributed by atoms with E-state index in [1.807, 2.05) is 6.07 Å². The molecule has 1 aromatic carbocycles. The Bertz CT molecular complexity index is 472. The van der Waals surface area contributed by atoms with Crippen molar-refractivity contribution in [3.8, 4) is 11.5 Å². The van der Waals surface area contributed by atoms with Crippen LogP contribution >= 0.6 is 0 Å². The van der Waals surface area contributed by atoms with Gasteiger partial charge in [-0.3, -0.25) is 4.90 Å². The number of hydrogen-bond donors (Lipinski definition) is 1. The molecule has 4 heteroatoms. The number of rotatable bonds is 5. The third kappa shape index (κ3) is 3.50. The standard InChI is InChI=1S/C17H26N2O2/c1-13(19-7-3-4-8-19)12-18-14(2)15-5-6-16-17(11-15)21-10-9-20-16/h5-6,11,13-14,18H,3-4,7-10,12H2,1-2H3. The van der Waals surface area contributed by atoms with Crippen LogP contribution in [0.3, 0.4) is 0 Å². The molecule has 116 valence electrons. The van der Waals surface area contributed by atoms with Crippen molar-refractivity contribution >= 4 is 0 Å². The highest BCUT2D eigenvalue weighted by molar-refractivity contribution is 5.44. The second-order valence-electron chi connectivity index (χ2n) is 6.13. The van der Waals surface area contributed by atoms with Gasteiger partial charge in [0.1, 0.15) is 13.2 Å². The van der Waals surface area contributed by atoms with E-state index >= 15 is 0 Å². The quantitative estimate of drug-likeness (QED) is 0.904. The Balaban J connectivity index is 1.56. The molecule has 0 amide bonds. The number of benzene rings is 1. The summed E-state index contributed by atoms with van der Waals surface area (Å²) in [5.41, 5.74) is 1.26. The molecule has 2 heterocycles.